The lowest BCUT2D eigenvalue weighted by Crippen LogP contribution is -2.47. The molecule has 0 spiro atoms. The first-order chi connectivity index (χ1) is 15.0. The average molecular weight is 504 g/mol. The second-order valence-electron chi connectivity index (χ2n) is 9.60. The van der Waals surface area contributed by atoms with E-state index in [0.717, 1.165) is 38.5 Å². The van der Waals surface area contributed by atoms with E-state index in [9.17, 15) is 9.59 Å². The monoisotopic (exact) mass is 502 g/mol. The molecule has 3 aliphatic rings. The molecule has 1 aromatic rings. The van der Waals surface area contributed by atoms with Crippen LogP contribution >= 0.6 is 34.8 Å². The van der Waals surface area contributed by atoms with Crippen LogP contribution < -0.4 is 4.74 Å². The molecule has 0 heterocycles. The molecule has 2 fully saturated rings. The predicted molar refractivity (Wildman–Crippen MR) is 123 cm³/mol. The van der Waals surface area contributed by atoms with Gasteiger partial charge in [-0.3, -0.25) is 9.59 Å². The Kier molecular flexibility index (Phi) is 6.77. The molecule has 5 nitrogen and oxygen atoms in total. The van der Waals surface area contributed by atoms with Crippen LogP contribution in [0, 0.1) is 17.3 Å². The molecule has 8 heteroatoms. The summed E-state index contributed by atoms with van der Waals surface area (Å²) in [6.45, 7) is 4.97. The summed E-state index contributed by atoms with van der Waals surface area (Å²) in [4.78, 5) is 22.8. The van der Waals surface area contributed by atoms with Crippen LogP contribution in [-0.2, 0) is 25.5 Å². The summed E-state index contributed by atoms with van der Waals surface area (Å²) in [5.74, 6) is 1.30. The quantitative estimate of drug-likeness (QED) is 0.215. The van der Waals surface area contributed by atoms with E-state index < -0.39 is 16.1 Å². The third-order valence-corrected chi connectivity index (χ3v) is 8.24. The maximum absolute atomic E-state index is 11.5. The van der Waals surface area contributed by atoms with Gasteiger partial charge in [0.2, 0.25) is 0 Å². The lowest BCUT2D eigenvalue weighted by atomic mass is 9.55. The van der Waals surface area contributed by atoms with Crippen molar-refractivity contribution < 1.29 is 23.8 Å². The fraction of sp³-hybridized carbons (Fsp3) is 0.667. The fourth-order valence-corrected chi connectivity index (χ4v) is 6.72. The number of ether oxygens (including phenoxy) is 3. The first-order valence-corrected chi connectivity index (χ1v) is 12.3. The van der Waals surface area contributed by atoms with Crippen molar-refractivity contribution in [3.8, 4) is 5.75 Å². The smallest absolute Gasteiger partial charge is 0.308 e. The largest absolute Gasteiger partial charge is 0.431 e. The van der Waals surface area contributed by atoms with Gasteiger partial charge in [-0.15, -0.1) is 0 Å². The van der Waals surface area contributed by atoms with Crippen LogP contribution in [0.1, 0.15) is 69.9 Å². The van der Waals surface area contributed by atoms with Gasteiger partial charge in [0.1, 0.15) is 5.75 Å². The average Bonchev–Trinajstić information content (AvgIpc) is 3.02. The number of carbonyl (C=O) groups is 2. The number of benzene rings is 1. The fourth-order valence-electron chi connectivity index (χ4n) is 6.44. The molecule has 0 aliphatic heterocycles. The molecular weight excluding hydrogens is 475 g/mol. The maximum Gasteiger partial charge on any atom is 0.308 e. The van der Waals surface area contributed by atoms with Crippen LogP contribution in [0.25, 0.3) is 0 Å². The Morgan fingerprint density at radius 3 is 2.50 bits per heavy atom. The third-order valence-electron chi connectivity index (χ3n) is 7.70. The van der Waals surface area contributed by atoms with E-state index in [2.05, 4.69) is 13.0 Å². The molecule has 6 atom stereocenters. The van der Waals surface area contributed by atoms with Gasteiger partial charge in [-0.2, -0.15) is 0 Å². The van der Waals surface area contributed by atoms with Crippen LogP contribution in [0.2, 0.25) is 0 Å². The zero-order valence-electron chi connectivity index (χ0n) is 18.5. The highest BCUT2D eigenvalue weighted by molar-refractivity contribution is 6.68. The Hall–Kier alpha value is -1.01. The van der Waals surface area contributed by atoms with E-state index >= 15 is 0 Å². The van der Waals surface area contributed by atoms with Gasteiger partial charge in [-0.1, -0.05) is 47.8 Å². The number of esters is 2. The van der Waals surface area contributed by atoms with Crippen molar-refractivity contribution in [2.24, 2.45) is 17.3 Å². The molecule has 2 saturated carbocycles. The number of rotatable bonds is 4. The van der Waals surface area contributed by atoms with Crippen LogP contribution in [-0.4, -0.2) is 28.1 Å². The first kappa shape index (κ1) is 24.1. The molecule has 4 rings (SSSR count). The second-order valence-corrected chi connectivity index (χ2v) is 12.0. The highest BCUT2D eigenvalue weighted by Crippen LogP contribution is 2.62. The summed E-state index contributed by atoms with van der Waals surface area (Å²) in [5, 5.41) is 0. The predicted octanol–water partition coefficient (Wildman–Crippen LogP) is 6.11. The zero-order valence-corrected chi connectivity index (χ0v) is 20.8. The number of hydrogen-bond donors (Lipinski definition) is 0. The van der Waals surface area contributed by atoms with E-state index in [4.69, 9.17) is 49.0 Å². The molecule has 0 bridgehead atoms. The Morgan fingerprint density at radius 2 is 1.84 bits per heavy atom. The molecule has 1 aromatic carbocycles. The topological polar surface area (TPSA) is 61.8 Å². The molecule has 3 aliphatic carbocycles. The van der Waals surface area contributed by atoms with Gasteiger partial charge in [0.05, 0.1) is 6.10 Å². The molecule has 1 unspecified atom stereocenters. The van der Waals surface area contributed by atoms with E-state index in [0.29, 0.717) is 23.5 Å². The minimum atomic E-state index is -1.85. The molecule has 32 heavy (non-hydrogen) atoms. The molecule has 0 radical (unpaired) electrons. The Balaban J connectivity index is 1.53. The third kappa shape index (κ3) is 4.64. The normalized spacial score (nSPS) is 32.3. The van der Waals surface area contributed by atoms with E-state index in [1.807, 2.05) is 12.1 Å². The van der Waals surface area contributed by atoms with Crippen LogP contribution in [0.5, 0.6) is 5.75 Å². The van der Waals surface area contributed by atoms with E-state index in [1.165, 1.54) is 25.0 Å². The zero-order chi connectivity index (χ0) is 23.3. The van der Waals surface area contributed by atoms with Crippen molar-refractivity contribution in [1.82, 2.24) is 0 Å². The van der Waals surface area contributed by atoms with Gasteiger partial charge >= 0.3 is 11.9 Å². The summed E-state index contributed by atoms with van der Waals surface area (Å²) in [5.41, 5.74) is 2.60. The Morgan fingerprint density at radius 1 is 1.09 bits per heavy atom. The van der Waals surface area contributed by atoms with E-state index in [-0.39, 0.29) is 17.5 Å². The number of alkyl halides is 3. The molecular formula is C24H29Cl3O5. The molecule has 0 aromatic heterocycles. The van der Waals surface area contributed by atoms with Crippen molar-refractivity contribution in [1.29, 1.82) is 0 Å². The number of halogens is 3. The lowest BCUT2D eigenvalue weighted by molar-refractivity contribution is -0.202. The van der Waals surface area contributed by atoms with Crippen LogP contribution in [0.15, 0.2) is 18.2 Å². The van der Waals surface area contributed by atoms with Crippen molar-refractivity contribution >= 4 is 46.7 Å². The molecule has 0 N–H and O–H groups in total. The van der Waals surface area contributed by atoms with Gasteiger partial charge in [-0.05, 0) is 85.0 Å². The minimum absolute atomic E-state index is 0.0648. The maximum atomic E-state index is 11.5. The van der Waals surface area contributed by atoms with Gasteiger partial charge < -0.3 is 14.2 Å². The number of hydrogen-bond acceptors (Lipinski definition) is 5. The van der Waals surface area contributed by atoms with Gasteiger partial charge in [0, 0.05) is 13.8 Å². The Bertz CT molecular complexity index is 898. The van der Waals surface area contributed by atoms with E-state index in [1.54, 1.807) is 0 Å². The molecule has 176 valence electrons. The summed E-state index contributed by atoms with van der Waals surface area (Å²) in [6, 6.07) is 6.06. The SMILES string of the molecule is CC(=O)Oc1ccc2c(c1)CC[C@@H]1[C@@H]2CC[C@]2(C)[C@@H](OC(OC(C)=O)C(Cl)(Cl)Cl)CC[C@@H]12. The van der Waals surface area contributed by atoms with Crippen molar-refractivity contribution in [3.63, 3.8) is 0 Å². The summed E-state index contributed by atoms with van der Waals surface area (Å²) < 4.78 is 14.8. The standard InChI is InChI=1S/C24H29Cl3O5/c1-13(28)30-16-5-7-17-15(12-16)4-6-19-18(17)10-11-23(3)20(19)8-9-21(23)32-22(24(25,26)27)31-14(2)29/h5,7,12,18-22H,4,6,8-11H2,1-3H3/t18-,19-,20+,21+,22?,23+/m1/s1. The van der Waals surface area contributed by atoms with Gasteiger partial charge in [0.15, 0.2) is 0 Å². The highest BCUT2D eigenvalue weighted by atomic mass is 35.6. The van der Waals surface area contributed by atoms with Gasteiger partial charge in [0.25, 0.3) is 10.1 Å². The lowest BCUT2D eigenvalue weighted by Gasteiger charge is -2.51. The number of fused-ring (bicyclic) bond motifs is 5. The summed E-state index contributed by atoms with van der Waals surface area (Å²) in [6.07, 6.45) is 4.61. The molecule has 0 saturated heterocycles. The van der Waals surface area contributed by atoms with Crippen molar-refractivity contribution in [3.05, 3.63) is 29.3 Å². The first-order valence-electron chi connectivity index (χ1n) is 11.2. The summed E-state index contributed by atoms with van der Waals surface area (Å²) >= 11 is 18.2. The van der Waals surface area contributed by atoms with Crippen LogP contribution in [0.4, 0.5) is 0 Å². The number of aryl methyl sites for hydroxylation is 1. The highest BCUT2D eigenvalue weighted by Gasteiger charge is 2.56. The summed E-state index contributed by atoms with van der Waals surface area (Å²) in [7, 11) is 0. The minimum Gasteiger partial charge on any atom is -0.431 e. The Labute approximate surface area is 204 Å². The second kappa shape index (κ2) is 8.98. The number of carbonyl (C=O) groups excluding carboxylic acids is 2. The van der Waals surface area contributed by atoms with Gasteiger partial charge in [-0.25, -0.2) is 0 Å². The van der Waals surface area contributed by atoms with Crippen LogP contribution in [0.3, 0.4) is 0 Å². The molecule has 0 amide bonds. The van der Waals surface area contributed by atoms with Crippen molar-refractivity contribution in [2.75, 3.05) is 0 Å². The van der Waals surface area contributed by atoms with Crippen molar-refractivity contribution in [2.45, 2.75) is 81.4 Å².